The highest BCUT2D eigenvalue weighted by Gasteiger charge is 2.34. The molecule has 2 aromatic carbocycles. The number of hydroxylamine groups is 1. The van der Waals surface area contributed by atoms with Crippen LogP contribution in [0.1, 0.15) is 61.1 Å². The van der Waals surface area contributed by atoms with Crippen LogP contribution in [0.5, 0.6) is 0 Å². The number of halogens is 2. The maximum Gasteiger partial charge on any atom is 0.427 e. The van der Waals surface area contributed by atoms with Crippen molar-refractivity contribution in [2.75, 3.05) is 18.0 Å². The van der Waals surface area contributed by atoms with Crippen molar-refractivity contribution >= 4 is 11.8 Å². The van der Waals surface area contributed by atoms with Gasteiger partial charge in [-0.1, -0.05) is 23.4 Å². The van der Waals surface area contributed by atoms with Gasteiger partial charge in [-0.25, -0.2) is 13.6 Å². The molecular formula is C27H28F2N4O4. The Hall–Kier alpha value is -3.50. The Balaban J connectivity index is 1.11. The molecule has 0 radical (unpaired) electrons. The van der Waals surface area contributed by atoms with Crippen molar-refractivity contribution in [2.45, 2.75) is 56.9 Å². The van der Waals surface area contributed by atoms with Crippen molar-refractivity contribution in [3.05, 3.63) is 71.0 Å². The minimum absolute atomic E-state index is 0.0135. The van der Waals surface area contributed by atoms with Crippen LogP contribution in [0.25, 0.3) is 11.3 Å². The SMILES string of the molecule is O=C1NC(c2ccc(N3CCCC(OCc4c(-c5c(F)cccc5F)noc4C4CC4)CC3)cc2)NO1. The van der Waals surface area contributed by atoms with E-state index in [9.17, 15) is 13.6 Å². The van der Waals surface area contributed by atoms with Crippen LogP contribution in [0, 0.1) is 11.6 Å². The summed E-state index contributed by atoms with van der Waals surface area (Å²) in [5, 5.41) is 6.75. The first kappa shape index (κ1) is 23.9. The highest BCUT2D eigenvalue weighted by molar-refractivity contribution is 5.69. The summed E-state index contributed by atoms with van der Waals surface area (Å²) in [7, 11) is 0. The Morgan fingerprint density at radius 1 is 1.03 bits per heavy atom. The third kappa shape index (κ3) is 5.03. The van der Waals surface area contributed by atoms with Crippen LogP contribution in [-0.4, -0.2) is 30.4 Å². The number of benzene rings is 2. The highest BCUT2D eigenvalue weighted by atomic mass is 19.1. The quantitative estimate of drug-likeness (QED) is 0.445. The van der Waals surface area contributed by atoms with Crippen molar-refractivity contribution in [2.24, 2.45) is 0 Å². The standard InChI is InChI=1S/C27H28F2N4O4/c28-21-4-1-5-22(29)23(21)24-20(25(36-31-24)16-6-7-16)15-35-19-3-2-13-33(14-12-19)18-10-8-17(9-11-18)26-30-27(34)37-32-26/h1,4-5,8-11,16,19,26,32H,2-3,6-7,12-15H2,(H,30,34). The van der Waals surface area contributed by atoms with Gasteiger partial charge in [-0.05, 0) is 61.9 Å². The Kier molecular flexibility index (Phi) is 6.52. The number of rotatable bonds is 7. The monoisotopic (exact) mass is 510 g/mol. The van der Waals surface area contributed by atoms with Crippen molar-refractivity contribution in [3.8, 4) is 11.3 Å². The largest absolute Gasteiger partial charge is 0.427 e. The average Bonchev–Trinajstić information content (AvgIpc) is 3.59. The van der Waals surface area contributed by atoms with Crippen LogP contribution < -0.4 is 15.7 Å². The lowest BCUT2D eigenvalue weighted by molar-refractivity contribution is 0.0328. The fourth-order valence-corrected chi connectivity index (χ4v) is 5.06. The Labute approximate surface area is 212 Å². The number of nitrogens with one attached hydrogen (secondary N) is 2. The van der Waals surface area contributed by atoms with Gasteiger partial charge >= 0.3 is 6.09 Å². The normalized spacial score (nSPS) is 22.0. The van der Waals surface area contributed by atoms with E-state index in [-0.39, 0.29) is 36.1 Å². The van der Waals surface area contributed by atoms with Gasteiger partial charge < -0.3 is 19.0 Å². The van der Waals surface area contributed by atoms with Crippen molar-refractivity contribution < 1.29 is 27.7 Å². The second-order valence-electron chi connectivity index (χ2n) is 9.77. The summed E-state index contributed by atoms with van der Waals surface area (Å²) in [5.41, 5.74) is 5.36. The third-order valence-electron chi connectivity index (χ3n) is 7.23. The molecule has 3 heterocycles. The van der Waals surface area contributed by atoms with Crippen molar-refractivity contribution in [1.29, 1.82) is 0 Å². The van der Waals surface area contributed by atoms with Gasteiger partial charge in [-0.2, -0.15) is 0 Å². The summed E-state index contributed by atoms with van der Waals surface area (Å²) in [6, 6.07) is 11.8. The molecule has 3 aromatic rings. The van der Waals surface area contributed by atoms with E-state index in [1.54, 1.807) is 0 Å². The molecule has 37 heavy (non-hydrogen) atoms. The molecule has 1 amide bonds. The molecule has 3 aliphatic rings. The average molecular weight is 511 g/mol. The zero-order valence-electron chi connectivity index (χ0n) is 20.2. The smallest absolute Gasteiger partial charge is 0.373 e. The minimum atomic E-state index is -0.661. The third-order valence-corrected chi connectivity index (χ3v) is 7.23. The number of hydrogen-bond acceptors (Lipinski definition) is 7. The predicted molar refractivity (Wildman–Crippen MR) is 130 cm³/mol. The van der Waals surface area contributed by atoms with Crippen LogP contribution in [0.15, 0.2) is 47.0 Å². The summed E-state index contributed by atoms with van der Waals surface area (Å²) < 4.78 is 40.9. The Bertz CT molecular complexity index is 1260. The first-order chi connectivity index (χ1) is 18.1. The molecule has 2 N–H and O–H groups in total. The zero-order valence-corrected chi connectivity index (χ0v) is 20.2. The molecule has 194 valence electrons. The molecule has 2 saturated heterocycles. The number of hydrogen-bond donors (Lipinski definition) is 2. The highest BCUT2D eigenvalue weighted by Crippen LogP contribution is 2.45. The van der Waals surface area contributed by atoms with Gasteiger partial charge in [-0.3, -0.25) is 5.32 Å². The molecule has 2 unspecified atom stereocenters. The molecule has 8 nitrogen and oxygen atoms in total. The van der Waals surface area contributed by atoms with Crippen molar-refractivity contribution in [3.63, 3.8) is 0 Å². The van der Waals surface area contributed by atoms with Crippen LogP contribution in [0.2, 0.25) is 0 Å². The van der Waals surface area contributed by atoms with Crippen LogP contribution >= 0.6 is 0 Å². The molecule has 10 heteroatoms. The summed E-state index contributed by atoms with van der Waals surface area (Å²) >= 11 is 0. The first-order valence-electron chi connectivity index (χ1n) is 12.7. The maximum absolute atomic E-state index is 14.5. The van der Waals surface area contributed by atoms with Gasteiger partial charge in [0.05, 0.1) is 18.3 Å². The lowest BCUT2D eigenvalue weighted by Gasteiger charge is -2.23. The van der Waals surface area contributed by atoms with Gasteiger partial charge in [0, 0.05) is 30.3 Å². The van der Waals surface area contributed by atoms with E-state index >= 15 is 0 Å². The number of anilines is 1. The number of aromatic nitrogens is 1. The van der Waals surface area contributed by atoms with Gasteiger partial charge in [0.1, 0.15) is 29.3 Å². The molecule has 1 saturated carbocycles. The van der Waals surface area contributed by atoms with E-state index in [4.69, 9.17) is 14.1 Å². The number of nitrogens with zero attached hydrogens (tertiary/aromatic N) is 2. The van der Waals surface area contributed by atoms with Crippen LogP contribution in [0.3, 0.4) is 0 Å². The van der Waals surface area contributed by atoms with Gasteiger partial charge in [0.15, 0.2) is 0 Å². The fraction of sp³-hybridized carbons (Fsp3) is 0.407. The molecule has 6 rings (SSSR count). The Morgan fingerprint density at radius 3 is 2.51 bits per heavy atom. The molecule has 2 aliphatic heterocycles. The molecule has 0 spiro atoms. The molecule has 0 bridgehead atoms. The summed E-state index contributed by atoms with van der Waals surface area (Å²) in [6.45, 7) is 1.92. The number of carbonyl (C=O) groups excluding carboxylic acids is 1. The molecule has 2 atom stereocenters. The molecular weight excluding hydrogens is 482 g/mol. The van der Waals surface area contributed by atoms with E-state index < -0.39 is 17.7 Å². The summed E-state index contributed by atoms with van der Waals surface area (Å²) in [6.07, 6.45) is 3.79. The lowest BCUT2D eigenvalue weighted by Crippen LogP contribution is -2.25. The van der Waals surface area contributed by atoms with Crippen LogP contribution in [0.4, 0.5) is 19.3 Å². The van der Waals surface area contributed by atoms with E-state index in [0.29, 0.717) is 11.3 Å². The number of amides is 1. The number of carbonyl (C=O) groups is 1. The van der Waals surface area contributed by atoms with E-state index in [1.165, 1.54) is 18.2 Å². The number of ether oxygens (including phenoxy) is 1. The lowest BCUT2D eigenvalue weighted by atomic mass is 10.0. The second-order valence-corrected chi connectivity index (χ2v) is 9.77. The summed E-state index contributed by atoms with van der Waals surface area (Å²) in [4.78, 5) is 18.3. The maximum atomic E-state index is 14.5. The summed E-state index contributed by atoms with van der Waals surface area (Å²) in [5.74, 6) is -0.397. The van der Waals surface area contributed by atoms with Gasteiger partial charge in [0.25, 0.3) is 0 Å². The second kappa shape index (κ2) is 10.1. The molecule has 1 aliphatic carbocycles. The molecule has 1 aromatic heterocycles. The topological polar surface area (TPSA) is 88.9 Å². The van der Waals surface area contributed by atoms with Gasteiger partial charge in [0.2, 0.25) is 0 Å². The van der Waals surface area contributed by atoms with Crippen molar-refractivity contribution in [1.82, 2.24) is 16.0 Å². The minimum Gasteiger partial charge on any atom is -0.373 e. The Morgan fingerprint density at radius 2 is 1.81 bits per heavy atom. The zero-order chi connectivity index (χ0) is 25.4. The fourth-order valence-electron chi connectivity index (χ4n) is 5.06. The molecule has 3 fully saturated rings. The van der Waals surface area contributed by atoms with Crippen LogP contribution in [-0.2, 0) is 16.2 Å². The van der Waals surface area contributed by atoms with Gasteiger partial charge in [-0.15, -0.1) is 5.48 Å². The first-order valence-corrected chi connectivity index (χ1v) is 12.7. The predicted octanol–water partition coefficient (Wildman–Crippen LogP) is 5.32. The van der Waals surface area contributed by atoms with E-state index in [1.807, 2.05) is 24.3 Å². The van der Waals surface area contributed by atoms with E-state index in [2.05, 4.69) is 20.9 Å². The van der Waals surface area contributed by atoms with E-state index in [0.717, 1.165) is 56.4 Å².